The number of rotatable bonds is 6. The quantitative estimate of drug-likeness (QED) is 0.534. The lowest BCUT2D eigenvalue weighted by atomic mass is 10.0. The van der Waals surface area contributed by atoms with E-state index in [2.05, 4.69) is 15.2 Å². The lowest BCUT2D eigenvalue weighted by Gasteiger charge is -2.41. The van der Waals surface area contributed by atoms with Gasteiger partial charge in [0, 0.05) is 6.54 Å². The highest BCUT2D eigenvalue weighted by molar-refractivity contribution is 5.37. The summed E-state index contributed by atoms with van der Waals surface area (Å²) in [6, 6.07) is 13.2. The first-order chi connectivity index (χ1) is 15.4. The van der Waals surface area contributed by atoms with Crippen molar-refractivity contribution >= 4 is 5.95 Å². The van der Waals surface area contributed by atoms with Crippen LogP contribution in [0.4, 0.5) is 19.1 Å². The monoisotopic (exact) mass is 450 g/mol. The Labute approximate surface area is 180 Å². The van der Waals surface area contributed by atoms with Gasteiger partial charge in [-0.05, 0) is 23.3 Å². The van der Waals surface area contributed by atoms with Gasteiger partial charge in [0.15, 0.2) is 6.29 Å². The van der Waals surface area contributed by atoms with Crippen molar-refractivity contribution in [1.82, 2.24) is 15.2 Å². The van der Waals surface area contributed by atoms with E-state index < -0.39 is 42.5 Å². The highest BCUT2D eigenvalue weighted by atomic mass is 19.4. The molecule has 3 N–H and O–H groups in total. The van der Waals surface area contributed by atoms with E-state index in [9.17, 15) is 23.1 Å². The van der Waals surface area contributed by atoms with Gasteiger partial charge in [0.1, 0.15) is 12.1 Å². The Hall–Kier alpha value is -3.15. The molecule has 0 spiro atoms. The van der Waals surface area contributed by atoms with E-state index in [0.29, 0.717) is 6.54 Å². The van der Waals surface area contributed by atoms with E-state index in [-0.39, 0.29) is 18.1 Å². The van der Waals surface area contributed by atoms with Crippen molar-refractivity contribution < 1.29 is 27.8 Å². The van der Waals surface area contributed by atoms with Gasteiger partial charge in [0.05, 0.1) is 18.8 Å². The highest BCUT2D eigenvalue weighted by Crippen LogP contribution is 2.36. The minimum absolute atomic E-state index is 0.169. The average Bonchev–Trinajstić information content (AvgIpc) is 3.23. The molecule has 1 fully saturated rings. The second-order valence-electron chi connectivity index (χ2n) is 7.22. The van der Waals surface area contributed by atoms with Crippen molar-refractivity contribution in [2.45, 2.75) is 24.6 Å². The van der Waals surface area contributed by atoms with Crippen LogP contribution in [-0.4, -0.2) is 46.3 Å². The summed E-state index contributed by atoms with van der Waals surface area (Å²) in [4.78, 5) is 16.0. The van der Waals surface area contributed by atoms with Gasteiger partial charge in [0.25, 0.3) is 0 Å². The molecule has 0 radical (unpaired) electrons. The lowest BCUT2D eigenvalue weighted by Crippen LogP contribution is -2.47. The van der Waals surface area contributed by atoms with Crippen LogP contribution in [-0.2, 0) is 15.7 Å². The number of halogens is 3. The molecule has 8 nitrogen and oxygen atoms in total. The van der Waals surface area contributed by atoms with Crippen LogP contribution in [0.25, 0.3) is 0 Å². The van der Waals surface area contributed by atoms with Gasteiger partial charge < -0.3 is 19.5 Å². The summed E-state index contributed by atoms with van der Waals surface area (Å²) in [5, 5.41) is 16.2. The van der Waals surface area contributed by atoms with Crippen LogP contribution in [0, 0.1) is 0 Å². The standard InChI is InChI=1S/C21H21F3N4O4/c22-21(23,24)15-8-4-7-14(11-15)16(12-29)32-18-17(13-5-2-1-3-6-13)28(9-10-31-18)19-25-20(30)27-26-19/h1-8,11,16-18,29H,9-10,12H2,(H2,25,26,27,30)/t16-,17?,18?/m0/s1. The van der Waals surface area contributed by atoms with Gasteiger partial charge in [-0.2, -0.15) is 13.2 Å². The van der Waals surface area contributed by atoms with E-state index >= 15 is 0 Å². The summed E-state index contributed by atoms with van der Waals surface area (Å²) in [6.45, 7) is 0.0408. The van der Waals surface area contributed by atoms with Crippen LogP contribution in [0.2, 0.25) is 0 Å². The molecular formula is C21H21F3N4O4. The number of benzene rings is 2. The molecule has 11 heteroatoms. The van der Waals surface area contributed by atoms with Crippen LogP contribution >= 0.6 is 0 Å². The molecule has 2 heterocycles. The van der Waals surface area contributed by atoms with Crippen LogP contribution in [0.5, 0.6) is 0 Å². The molecule has 0 saturated carbocycles. The third kappa shape index (κ3) is 4.69. The zero-order chi connectivity index (χ0) is 22.7. The number of nitrogens with zero attached hydrogens (tertiary/aromatic N) is 2. The normalized spacial score (nSPS) is 20.3. The second-order valence-corrected chi connectivity index (χ2v) is 7.22. The van der Waals surface area contributed by atoms with Crippen molar-refractivity contribution in [3.05, 3.63) is 81.8 Å². The number of aromatic nitrogens is 3. The van der Waals surface area contributed by atoms with Crippen molar-refractivity contribution in [3.8, 4) is 0 Å². The topological polar surface area (TPSA) is 103 Å². The zero-order valence-electron chi connectivity index (χ0n) is 16.7. The van der Waals surface area contributed by atoms with Crippen molar-refractivity contribution in [1.29, 1.82) is 0 Å². The Balaban J connectivity index is 1.66. The van der Waals surface area contributed by atoms with E-state index in [1.807, 2.05) is 30.3 Å². The molecule has 0 bridgehead atoms. The zero-order valence-corrected chi connectivity index (χ0v) is 16.7. The van der Waals surface area contributed by atoms with Gasteiger partial charge in [-0.15, -0.1) is 5.10 Å². The number of aliphatic hydroxyl groups excluding tert-OH is 1. The molecule has 170 valence electrons. The van der Waals surface area contributed by atoms with Crippen LogP contribution < -0.4 is 10.6 Å². The number of aromatic amines is 2. The number of morpholine rings is 1. The Morgan fingerprint density at radius 3 is 2.66 bits per heavy atom. The summed E-state index contributed by atoms with van der Waals surface area (Å²) in [7, 11) is 0. The number of alkyl halides is 3. The maximum atomic E-state index is 13.1. The summed E-state index contributed by atoms with van der Waals surface area (Å²) < 4.78 is 51.3. The third-order valence-electron chi connectivity index (χ3n) is 5.16. The second kappa shape index (κ2) is 9.15. The van der Waals surface area contributed by atoms with Gasteiger partial charge in [-0.25, -0.2) is 9.89 Å². The van der Waals surface area contributed by atoms with Crippen molar-refractivity contribution in [2.75, 3.05) is 24.7 Å². The number of hydrogen-bond donors (Lipinski definition) is 3. The van der Waals surface area contributed by atoms with E-state index in [4.69, 9.17) is 9.47 Å². The fourth-order valence-corrected chi connectivity index (χ4v) is 3.68. The maximum Gasteiger partial charge on any atom is 0.416 e. The number of anilines is 1. The molecule has 1 aromatic heterocycles. The first kappa shape index (κ1) is 22.1. The van der Waals surface area contributed by atoms with Crippen molar-refractivity contribution in [2.24, 2.45) is 0 Å². The highest BCUT2D eigenvalue weighted by Gasteiger charge is 2.38. The van der Waals surface area contributed by atoms with E-state index in [0.717, 1.165) is 17.7 Å². The molecule has 2 unspecified atom stereocenters. The fourth-order valence-electron chi connectivity index (χ4n) is 3.68. The van der Waals surface area contributed by atoms with Crippen LogP contribution in [0.15, 0.2) is 59.4 Å². The SMILES string of the molecule is O=c1[nH]nc(N2CCOC(O[C@@H](CO)c3cccc(C(F)(F)F)c3)C2c2ccccc2)[nH]1. The summed E-state index contributed by atoms with van der Waals surface area (Å²) >= 11 is 0. The maximum absolute atomic E-state index is 13.1. The fraction of sp³-hybridized carbons (Fsp3) is 0.333. The molecule has 0 aliphatic carbocycles. The van der Waals surface area contributed by atoms with Gasteiger partial charge >= 0.3 is 11.9 Å². The Bertz CT molecular complexity index is 1090. The summed E-state index contributed by atoms with van der Waals surface area (Å²) in [5.74, 6) is 0.278. The summed E-state index contributed by atoms with van der Waals surface area (Å²) in [6.07, 6.45) is -6.54. The molecule has 3 aromatic rings. The molecule has 4 rings (SSSR count). The Morgan fingerprint density at radius 1 is 1.22 bits per heavy atom. The predicted molar refractivity (Wildman–Crippen MR) is 108 cm³/mol. The Kier molecular flexibility index (Phi) is 6.31. The Morgan fingerprint density at radius 2 is 2.00 bits per heavy atom. The average molecular weight is 450 g/mol. The molecular weight excluding hydrogens is 429 g/mol. The minimum atomic E-state index is -4.52. The number of nitrogens with one attached hydrogen (secondary N) is 2. The first-order valence-electron chi connectivity index (χ1n) is 9.88. The molecule has 1 saturated heterocycles. The van der Waals surface area contributed by atoms with Gasteiger partial charge in [-0.1, -0.05) is 42.5 Å². The first-order valence-corrected chi connectivity index (χ1v) is 9.88. The lowest BCUT2D eigenvalue weighted by molar-refractivity contribution is -0.203. The summed E-state index contributed by atoms with van der Waals surface area (Å²) in [5.41, 5.74) is -0.366. The van der Waals surface area contributed by atoms with Crippen molar-refractivity contribution in [3.63, 3.8) is 0 Å². The number of aliphatic hydroxyl groups is 1. The number of ether oxygens (including phenoxy) is 2. The molecule has 0 amide bonds. The molecule has 1 aliphatic heterocycles. The molecule has 1 aliphatic rings. The number of hydrogen-bond acceptors (Lipinski definition) is 6. The molecule has 2 aromatic carbocycles. The smallest absolute Gasteiger partial charge is 0.393 e. The largest absolute Gasteiger partial charge is 0.416 e. The third-order valence-corrected chi connectivity index (χ3v) is 5.16. The minimum Gasteiger partial charge on any atom is -0.393 e. The van der Waals surface area contributed by atoms with Crippen LogP contribution in [0.3, 0.4) is 0 Å². The molecule has 3 atom stereocenters. The van der Waals surface area contributed by atoms with Crippen LogP contribution in [0.1, 0.15) is 28.8 Å². The van der Waals surface area contributed by atoms with Gasteiger partial charge in [0.2, 0.25) is 5.95 Å². The predicted octanol–water partition coefficient (Wildman–Crippen LogP) is 2.77. The molecule has 32 heavy (non-hydrogen) atoms. The van der Waals surface area contributed by atoms with E-state index in [1.165, 1.54) is 12.1 Å². The van der Waals surface area contributed by atoms with E-state index in [1.54, 1.807) is 4.90 Å². The number of H-pyrrole nitrogens is 2. The van der Waals surface area contributed by atoms with Gasteiger partial charge in [-0.3, -0.25) is 4.98 Å².